The van der Waals surface area contributed by atoms with Gasteiger partial charge >= 0.3 is 0 Å². The maximum atomic E-state index is 10.8. The Hall–Kier alpha value is -0.870. The summed E-state index contributed by atoms with van der Waals surface area (Å²) in [6, 6.07) is 6.13. The van der Waals surface area contributed by atoms with E-state index in [0.717, 1.165) is 17.4 Å². The molecule has 0 amide bonds. The summed E-state index contributed by atoms with van der Waals surface area (Å²) >= 11 is 0. The molecule has 0 N–H and O–H groups in total. The summed E-state index contributed by atoms with van der Waals surface area (Å²) in [6.45, 7) is 4.23. The van der Waals surface area contributed by atoms with Crippen molar-refractivity contribution in [1.29, 1.82) is 0 Å². The molecular weight excluding hydrogens is 212 g/mol. The minimum absolute atomic E-state index is 0.211. The van der Waals surface area contributed by atoms with E-state index in [1.54, 1.807) is 0 Å². The van der Waals surface area contributed by atoms with E-state index in [-0.39, 0.29) is 6.61 Å². The fraction of sp³-hybridized carbons (Fsp3) is 0.455. The first-order valence-electron chi connectivity index (χ1n) is 4.79. The molecule has 1 aromatic rings. The summed E-state index contributed by atoms with van der Waals surface area (Å²) < 4.78 is 26.2. The van der Waals surface area contributed by atoms with Crippen molar-refractivity contribution in [2.75, 3.05) is 12.9 Å². The highest BCUT2D eigenvalue weighted by Gasteiger charge is 2.03. The molecule has 0 heterocycles. The van der Waals surface area contributed by atoms with Gasteiger partial charge in [0.25, 0.3) is 10.1 Å². The lowest BCUT2D eigenvalue weighted by atomic mass is 10.0. The molecule has 84 valence electrons. The van der Waals surface area contributed by atoms with E-state index in [1.807, 2.05) is 26.0 Å². The molecule has 0 aliphatic rings. The van der Waals surface area contributed by atoms with E-state index in [1.165, 1.54) is 5.56 Å². The fourth-order valence-corrected chi connectivity index (χ4v) is 1.76. The van der Waals surface area contributed by atoms with Crippen LogP contribution in [-0.4, -0.2) is 21.3 Å². The summed E-state index contributed by atoms with van der Waals surface area (Å²) in [5, 5.41) is 0. The van der Waals surface area contributed by atoms with Crippen molar-refractivity contribution < 1.29 is 12.6 Å². The summed E-state index contributed by atoms with van der Waals surface area (Å²) in [4.78, 5) is 0. The summed E-state index contributed by atoms with van der Waals surface area (Å²) in [6.07, 6.45) is 1.69. The Labute approximate surface area is 91.2 Å². The molecule has 0 saturated heterocycles. The average Bonchev–Trinajstić information content (AvgIpc) is 2.09. The van der Waals surface area contributed by atoms with Gasteiger partial charge in [-0.2, -0.15) is 8.42 Å². The highest BCUT2D eigenvalue weighted by atomic mass is 32.2. The largest absolute Gasteiger partial charge is 0.270 e. The molecule has 1 aromatic carbocycles. The molecule has 0 bridgehead atoms. The van der Waals surface area contributed by atoms with Gasteiger partial charge in [-0.3, -0.25) is 4.18 Å². The molecule has 0 aliphatic heterocycles. The molecule has 3 nitrogen and oxygen atoms in total. The third-order valence-electron chi connectivity index (χ3n) is 2.17. The minimum Gasteiger partial charge on any atom is -0.270 e. The smallest absolute Gasteiger partial charge is 0.264 e. The van der Waals surface area contributed by atoms with Crippen LogP contribution in [0.2, 0.25) is 0 Å². The molecule has 15 heavy (non-hydrogen) atoms. The van der Waals surface area contributed by atoms with Gasteiger partial charge in [-0.25, -0.2) is 0 Å². The van der Waals surface area contributed by atoms with Gasteiger partial charge in [0.15, 0.2) is 0 Å². The third kappa shape index (κ3) is 4.44. The molecule has 0 unspecified atom stereocenters. The van der Waals surface area contributed by atoms with E-state index >= 15 is 0 Å². The van der Waals surface area contributed by atoms with Gasteiger partial charge in [0.05, 0.1) is 12.9 Å². The highest BCUT2D eigenvalue weighted by Crippen LogP contribution is 2.11. The van der Waals surface area contributed by atoms with E-state index in [0.29, 0.717) is 6.42 Å². The van der Waals surface area contributed by atoms with E-state index in [9.17, 15) is 8.42 Å². The minimum atomic E-state index is -3.32. The monoisotopic (exact) mass is 228 g/mol. The first kappa shape index (κ1) is 12.2. The maximum Gasteiger partial charge on any atom is 0.264 e. The first-order valence-corrected chi connectivity index (χ1v) is 6.61. The first-order chi connectivity index (χ1) is 6.88. The van der Waals surface area contributed by atoms with Gasteiger partial charge < -0.3 is 0 Å². The Morgan fingerprint density at radius 1 is 1.27 bits per heavy atom. The van der Waals surface area contributed by atoms with Crippen LogP contribution in [0, 0.1) is 13.8 Å². The topological polar surface area (TPSA) is 43.4 Å². The van der Waals surface area contributed by atoms with Crippen molar-refractivity contribution in [2.24, 2.45) is 0 Å². The van der Waals surface area contributed by atoms with Crippen LogP contribution in [0.3, 0.4) is 0 Å². The van der Waals surface area contributed by atoms with Crippen molar-refractivity contribution in [1.82, 2.24) is 0 Å². The SMILES string of the molecule is Cc1ccc(C)c(CCOS(C)(=O)=O)c1. The van der Waals surface area contributed by atoms with Crippen molar-refractivity contribution in [2.45, 2.75) is 20.3 Å². The van der Waals surface area contributed by atoms with Crippen LogP contribution in [0.25, 0.3) is 0 Å². The lowest BCUT2D eigenvalue weighted by Gasteiger charge is -2.06. The Kier molecular flexibility index (Phi) is 3.88. The second-order valence-corrected chi connectivity index (χ2v) is 5.35. The van der Waals surface area contributed by atoms with Crippen LogP contribution in [0.15, 0.2) is 18.2 Å². The van der Waals surface area contributed by atoms with Crippen molar-refractivity contribution in [3.63, 3.8) is 0 Å². The molecule has 0 spiro atoms. The second kappa shape index (κ2) is 4.77. The normalized spacial score (nSPS) is 11.7. The lowest BCUT2D eigenvalue weighted by Crippen LogP contribution is -2.07. The van der Waals surface area contributed by atoms with Crippen LogP contribution >= 0.6 is 0 Å². The third-order valence-corrected chi connectivity index (χ3v) is 2.77. The van der Waals surface area contributed by atoms with E-state index in [4.69, 9.17) is 4.18 Å². The van der Waals surface area contributed by atoms with E-state index in [2.05, 4.69) is 6.07 Å². The van der Waals surface area contributed by atoms with Gasteiger partial charge in [0, 0.05) is 0 Å². The number of benzene rings is 1. The quantitative estimate of drug-likeness (QED) is 0.738. The molecule has 0 atom stereocenters. The summed E-state index contributed by atoms with van der Waals surface area (Å²) in [5.41, 5.74) is 3.48. The van der Waals surface area contributed by atoms with Crippen LogP contribution in [0.4, 0.5) is 0 Å². The molecule has 4 heteroatoms. The Bertz CT molecular complexity index is 435. The molecule has 0 aliphatic carbocycles. The van der Waals surface area contributed by atoms with Crippen molar-refractivity contribution in [3.8, 4) is 0 Å². The zero-order valence-corrected chi connectivity index (χ0v) is 10.1. The van der Waals surface area contributed by atoms with Crippen LogP contribution in [-0.2, 0) is 20.7 Å². The zero-order valence-electron chi connectivity index (χ0n) is 9.28. The van der Waals surface area contributed by atoms with Crippen molar-refractivity contribution in [3.05, 3.63) is 34.9 Å². The predicted octanol–water partition coefficient (Wildman–Crippen LogP) is 1.82. The summed E-state index contributed by atoms with van der Waals surface area (Å²) in [7, 11) is -3.32. The molecule has 0 saturated carbocycles. The van der Waals surface area contributed by atoms with Gasteiger partial charge in [0.2, 0.25) is 0 Å². The fourth-order valence-electron chi connectivity index (χ4n) is 1.37. The Balaban J connectivity index is 2.61. The molecule has 0 aromatic heterocycles. The highest BCUT2D eigenvalue weighted by molar-refractivity contribution is 7.85. The standard InChI is InChI=1S/C11H16O3S/c1-9-4-5-10(2)11(8-9)6-7-14-15(3,12)13/h4-5,8H,6-7H2,1-3H3. The number of hydrogen-bond donors (Lipinski definition) is 0. The molecule has 0 radical (unpaired) electrons. The average molecular weight is 228 g/mol. The van der Waals surface area contributed by atoms with E-state index < -0.39 is 10.1 Å². The molecule has 0 fully saturated rings. The van der Waals surface area contributed by atoms with Gasteiger partial charge in [0.1, 0.15) is 0 Å². The Morgan fingerprint density at radius 3 is 2.53 bits per heavy atom. The van der Waals surface area contributed by atoms with Gasteiger partial charge in [-0.05, 0) is 31.4 Å². The second-order valence-electron chi connectivity index (χ2n) is 3.71. The maximum absolute atomic E-state index is 10.8. The number of rotatable bonds is 4. The predicted molar refractivity (Wildman–Crippen MR) is 60.4 cm³/mol. The number of aryl methyl sites for hydroxylation is 2. The van der Waals surface area contributed by atoms with Crippen molar-refractivity contribution >= 4 is 10.1 Å². The zero-order chi connectivity index (χ0) is 11.5. The lowest BCUT2D eigenvalue weighted by molar-refractivity contribution is 0.325. The van der Waals surface area contributed by atoms with Crippen LogP contribution in [0.1, 0.15) is 16.7 Å². The molecule has 1 rings (SSSR count). The van der Waals surface area contributed by atoms with Gasteiger partial charge in [-0.1, -0.05) is 23.8 Å². The van der Waals surface area contributed by atoms with Crippen LogP contribution in [0.5, 0.6) is 0 Å². The van der Waals surface area contributed by atoms with Crippen LogP contribution < -0.4 is 0 Å². The van der Waals surface area contributed by atoms with Gasteiger partial charge in [-0.15, -0.1) is 0 Å². The summed E-state index contributed by atoms with van der Waals surface area (Å²) in [5.74, 6) is 0. The number of hydrogen-bond acceptors (Lipinski definition) is 3. The molecular formula is C11H16O3S. The Morgan fingerprint density at radius 2 is 1.93 bits per heavy atom.